The Balaban J connectivity index is 1.69. The van der Waals surface area contributed by atoms with Gasteiger partial charge in [-0.15, -0.1) is 0 Å². The molecule has 1 aromatic heterocycles. The van der Waals surface area contributed by atoms with Crippen molar-refractivity contribution in [1.82, 2.24) is 4.57 Å². The van der Waals surface area contributed by atoms with Crippen molar-refractivity contribution in [3.8, 4) is 0 Å². The average molecular weight is 506 g/mol. The van der Waals surface area contributed by atoms with Gasteiger partial charge in [0.25, 0.3) is 0 Å². The molecular formula is C28H25ClNO2PS. The molecule has 34 heavy (non-hydrogen) atoms. The zero-order valence-electron chi connectivity index (χ0n) is 18.5. The van der Waals surface area contributed by atoms with E-state index in [1.54, 1.807) is 4.57 Å². The van der Waals surface area contributed by atoms with Crippen LogP contribution in [0.4, 0.5) is 0 Å². The number of nitrogens with zero attached hydrogens (tertiary/aromatic N) is 1. The second-order valence-electron chi connectivity index (χ2n) is 8.47. The van der Waals surface area contributed by atoms with E-state index in [4.69, 9.17) is 11.2 Å². The van der Waals surface area contributed by atoms with Crippen LogP contribution >= 0.6 is 28.5 Å². The number of hydrogen-bond donors (Lipinski definition) is 1. The molecule has 0 aliphatic rings. The van der Waals surface area contributed by atoms with Crippen molar-refractivity contribution < 1.29 is 5.11 Å². The standard InChI is InChI=1S/C28H25ClNO2PS/c29-33(23-12-4-1-5-13-23,24-14-6-2-7-15-24,25-16-8-3-9-17-25)21-22(31)20-30-26-18-10-11-19-27(26)34-28(30)32/h1-19,22,31H,20-21H2. The van der Waals surface area contributed by atoms with Gasteiger partial charge in [-0.05, 0) is 0 Å². The molecule has 1 N–H and O–H groups in total. The van der Waals surface area contributed by atoms with E-state index in [1.165, 1.54) is 11.3 Å². The van der Waals surface area contributed by atoms with E-state index in [2.05, 4.69) is 36.4 Å². The molecule has 5 aromatic rings. The first-order valence-corrected chi connectivity index (χ1v) is 15.3. The van der Waals surface area contributed by atoms with E-state index in [-0.39, 0.29) is 11.4 Å². The molecule has 172 valence electrons. The van der Waals surface area contributed by atoms with Gasteiger partial charge in [0.2, 0.25) is 0 Å². The number of aliphatic hydroxyl groups is 1. The summed E-state index contributed by atoms with van der Waals surface area (Å²) in [4.78, 5) is 12.7. The summed E-state index contributed by atoms with van der Waals surface area (Å²) in [7, 11) is 0. The maximum atomic E-state index is 12.8. The molecular weight excluding hydrogens is 481 g/mol. The van der Waals surface area contributed by atoms with Crippen molar-refractivity contribution in [3.63, 3.8) is 0 Å². The van der Waals surface area contributed by atoms with Gasteiger partial charge in [-0.2, -0.15) is 0 Å². The van der Waals surface area contributed by atoms with Gasteiger partial charge in [-0.25, -0.2) is 0 Å². The molecule has 0 radical (unpaired) electrons. The molecule has 0 amide bonds. The van der Waals surface area contributed by atoms with Crippen molar-refractivity contribution in [1.29, 1.82) is 0 Å². The monoisotopic (exact) mass is 505 g/mol. The van der Waals surface area contributed by atoms with E-state index in [0.717, 1.165) is 26.1 Å². The molecule has 1 heterocycles. The molecule has 4 aromatic carbocycles. The van der Waals surface area contributed by atoms with Crippen LogP contribution in [-0.4, -0.2) is 21.9 Å². The van der Waals surface area contributed by atoms with Crippen LogP contribution in [0.25, 0.3) is 10.2 Å². The molecule has 0 saturated carbocycles. The number of fused-ring (bicyclic) bond motifs is 1. The zero-order valence-corrected chi connectivity index (χ0v) is 21.0. The van der Waals surface area contributed by atoms with Crippen LogP contribution < -0.4 is 20.8 Å². The third-order valence-corrected chi connectivity index (χ3v) is 14.8. The molecule has 5 rings (SSSR count). The summed E-state index contributed by atoms with van der Waals surface area (Å²) in [6.45, 7) is 0.181. The summed E-state index contributed by atoms with van der Waals surface area (Å²) >= 11 is 9.25. The van der Waals surface area contributed by atoms with Crippen molar-refractivity contribution in [2.24, 2.45) is 0 Å². The maximum absolute atomic E-state index is 12.8. The van der Waals surface area contributed by atoms with E-state index >= 15 is 0 Å². The predicted octanol–water partition coefficient (Wildman–Crippen LogP) is 5.11. The minimum atomic E-state index is -3.61. The summed E-state index contributed by atoms with van der Waals surface area (Å²) in [5.74, 6) is -3.61. The molecule has 0 saturated heterocycles. The van der Waals surface area contributed by atoms with E-state index < -0.39 is 12.1 Å². The third-order valence-electron chi connectivity index (χ3n) is 6.40. The van der Waals surface area contributed by atoms with Crippen LogP contribution in [0.5, 0.6) is 0 Å². The fourth-order valence-electron chi connectivity index (χ4n) is 4.83. The zero-order chi connectivity index (χ0) is 23.6. The quantitative estimate of drug-likeness (QED) is 0.312. The van der Waals surface area contributed by atoms with Crippen molar-refractivity contribution in [2.75, 3.05) is 6.16 Å². The average Bonchev–Trinajstić information content (AvgIpc) is 3.20. The Morgan fingerprint density at radius 2 is 1.18 bits per heavy atom. The molecule has 0 spiro atoms. The first kappa shape index (κ1) is 23.0. The number of benzene rings is 4. The second-order valence-corrected chi connectivity index (χ2v) is 16.0. The number of aliphatic hydroxyl groups excluding tert-OH is 1. The Bertz CT molecular complexity index is 1370. The normalized spacial score (nSPS) is 13.9. The SMILES string of the molecule is O=c1sc2ccccc2n1CC(O)CP(Cl)(c1ccccc1)(c1ccccc1)c1ccccc1. The number of rotatable bonds is 7. The molecule has 1 unspecified atom stereocenters. The summed E-state index contributed by atoms with van der Waals surface area (Å²) < 4.78 is 2.58. The van der Waals surface area contributed by atoms with Crippen LogP contribution in [-0.2, 0) is 6.54 Å². The molecule has 0 bridgehead atoms. The molecule has 1 atom stereocenters. The van der Waals surface area contributed by atoms with Gasteiger partial charge in [0.15, 0.2) is 0 Å². The van der Waals surface area contributed by atoms with Gasteiger partial charge in [0.1, 0.15) is 0 Å². The van der Waals surface area contributed by atoms with Gasteiger partial charge < -0.3 is 0 Å². The van der Waals surface area contributed by atoms with Crippen molar-refractivity contribution in [3.05, 3.63) is 125 Å². The number of halogens is 1. The number of aromatic nitrogens is 1. The van der Waals surface area contributed by atoms with Gasteiger partial charge in [0.05, 0.1) is 0 Å². The van der Waals surface area contributed by atoms with Gasteiger partial charge in [0, 0.05) is 0 Å². The summed E-state index contributed by atoms with van der Waals surface area (Å²) in [5.41, 5.74) is 0.838. The molecule has 3 nitrogen and oxygen atoms in total. The van der Waals surface area contributed by atoms with Gasteiger partial charge in [-0.3, -0.25) is 0 Å². The Kier molecular flexibility index (Phi) is 6.18. The Hall–Kier alpha value is -2.75. The summed E-state index contributed by atoms with van der Waals surface area (Å²) in [6.07, 6.45) is -0.534. The first-order valence-electron chi connectivity index (χ1n) is 11.2. The molecule has 0 aliphatic carbocycles. The fourth-order valence-corrected chi connectivity index (χ4v) is 12.0. The van der Waals surface area contributed by atoms with Gasteiger partial charge >= 0.3 is 208 Å². The summed E-state index contributed by atoms with van der Waals surface area (Å²) in [6, 6.07) is 37.9. The first-order chi connectivity index (χ1) is 16.5. The van der Waals surface area contributed by atoms with E-state index in [9.17, 15) is 9.90 Å². The van der Waals surface area contributed by atoms with E-state index in [0.29, 0.717) is 6.16 Å². The molecule has 6 heteroatoms. The Morgan fingerprint density at radius 1 is 0.735 bits per heavy atom. The van der Waals surface area contributed by atoms with Gasteiger partial charge in [-0.1, -0.05) is 0 Å². The second kappa shape index (κ2) is 9.13. The van der Waals surface area contributed by atoms with Crippen molar-refractivity contribution >= 4 is 54.7 Å². The number of para-hydroxylation sites is 1. The Morgan fingerprint density at radius 3 is 1.68 bits per heavy atom. The third kappa shape index (κ3) is 3.81. The number of thiazole rings is 1. The van der Waals surface area contributed by atoms with Crippen molar-refractivity contribution in [2.45, 2.75) is 12.6 Å². The van der Waals surface area contributed by atoms with Crippen LogP contribution in [0.1, 0.15) is 0 Å². The topological polar surface area (TPSA) is 42.2 Å². The van der Waals surface area contributed by atoms with E-state index in [1.807, 2.05) is 78.9 Å². The van der Waals surface area contributed by atoms with Crippen LogP contribution in [0, 0.1) is 0 Å². The molecule has 0 fully saturated rings. The van der Waals surface area contributed by atoms with Crippen LogP contribution in [0.2, 0.25) is 0 Å². The summed E-state index contributed by atoms with van der Waals surface area (Å²) in [5, 5.41) is 14.6. The van der Waals surface area contributed by atoms with Crippen LogP contribution in [0.15, 0.2) is 120 Å². The predicted molar refractivity (Wildman–Crippen MR) is 148 cm³/mol. The molecule has 0 aliphatic heterocycles. The number of hydrogen-bond acceptors (Lipinski definition) is 3. The fraction of sp³-hybridized carbons (Fsp3) is 0.107. The van der Waals surface area contributed by atoms with Crippen LogP contribution in [0.3, 0.4) is 0 Å². The Labute approximate surface area is 207 Å². The minimum absolute atomic E-state index is 0.0747.